The molecular weight excluding hydrogens is 332 g/mol. The molecule has 25 heavy (non-hydrogen) atoms. The van der Waals surface area contributed by atoms with Crippen molar-refractivity contribution in [2.24, 2.45) is 0 Å². The number of thiophene rings is 1. The zero-order chi connectivity index (χ0) is 17.6. The molecule has 0 fully saturated rings. The van der Waals surface area contributed by atoms with Crippen LogP contribution in [0.2, 0.25) is 0 Å². The summed E-state index contributed by atoms with van der Waals surface area (Å²) in [5.41, 5.74) is 1.44. The highest BCUT2D eigenvalue weighted by atomic mass is 32.1. The molecule has 0 unspecified atom stereocenters. The lowest BCUT2D eigenvalue weighted by molar-refractivity contribution is 0.0648. The maximum absolute atomic E-state index is 10.3. The van der Waals surface area contributed by atoms with E-state index in [1.54, 1.807) is 23.7 Å². The highest BCUT2D eigenvalue weighted by Crippen LogP contribution is 2.40. The first-order chi connectivity index (χ1) is 11.9. The van der Waals surface area contributed by atoms with E-state index >= 15 is 0 Å². The number of anilines is 1. The smallest absolute Gasteiger partial charge is 0.164 e. The van der Waals surface area contributed by atoms with Gasteiger partial charge >= 0.3 is 0 Å². The largest absolute Gasteiger partial charge is 0.388 e. The zero-order valence-electron chi connectivity index (χ0n) is 14.7. The van der Waals surface area contributed by atoms with Crippen molar-refractivity contribution >= 4 is 27.4 Å². The molecule has 2 N–H and O–H groups in total. The van der Waals surface area contributed by atoms with Crippen LogP contribution in [0.5, 0.6) is 0 Å². The molecule has 3 aromatic heterocycles. The SMILES string of the molecule is C[C@@H](Nc1nc(-c2cccnc2)nc2sc3c(c12)CCC3)C(C)(C)O. The van der Waals surface area contributed by atoms with Gasteiger partial charge in [0.25, 0.3) is 0 Å². The first-order valence-electron chi connectivity index (χ1n) is 8.65. The second kappa shape index (κ2) is 6.04. The predicted octanol–water partition coefficient (Wildman–Crippen LogP) is 3.81. The molecule has 4 rings (SSSR count). The molecule has 0 radical (unpaired) electrons. The van der Waals surface area contributed by atoms with Gasteiger partial charge in [0.1, 0.15) is 10.6 Å². The molecule has 0 saturated carbocycles. The number of pyridine rings is 1. The normalized spacial score (nSPS) is 15.4. The number of hydrogen-bond donors (Lipinski definition) is 2. The summed E-state index contributed by atoms with van der Waals surface area (Å²) in [5, 5.41) is 14.9. The summed E-state index contributed by atoms with van der Waals surface area (Å²) >= 11 is 1.77. The predicted molar refractivity (Wildman–Crippen MR) is 102 cm³/mol. The second-order valence-electron chi connectivity index (χ2n) is 7.19. The Morgan fingerprint density at radius 2 is 2.12 bits per heavy atom. The summed E-state index contributed by atoms with van der Waals surface area (Å²) in [5.74, 6) is 1.49. The molecule has 0 bridgehead atoms. The molecule has 0 aliphatic heterocycles. The molecule has 1 atom stereocenters. The van der Waals surface area contributed by atoms with Crippen molar-refractivity contribution in [3.63, 3.8) is 0 Å². The van der Waals surface area contributed by atoms with Crippen LogP contribution in [0.25, 0.3) is 21.6 Å². The summed E-state index contributed by atoms with van der Waals surface area (Å²) in [6.45, 7) is 5.59. The van der Waals surface area contributed by atoms with E-state index in [1.165, 1.54) is 16.9 Å². The minimum absolute atomic E-state index is 0.135. The number of nitrogens with one attached hydrogen (secondary N) is 1. The van der Waals surface area contributed by atoms with Gasteiger partial charge in [0, 0.05) is 22.8 Å². The Labute approximate surface area is 151 Å². The van der Waals surface area contributed by atoms with Gasteiger partial charge in [-0.15, -0.1) is 11.3 Å². The van der Waals surface area contributed by atoms with Gasteiger partial charge in [0.05, 0.1) is 17.0 Å². The van der Waals surface area contributed by atoms with Crippen LogP contribution in [0.1, 0.15) is 37.6 Å². The van der Waals surface area contributed by atoms with Gasteiger partial charge in [-0.05, 0) is 57.7 Å². The molecule has 6 heteroatoms. The van der Waals surface area contributed by atoms with E-state index in [0.29, 0.717) is 5.82 Å². The van der Waals surface area contributed by atoms with Crippen molar-refractivity contribution in [3.05, 3.63) is 35.0 Å². The monoisotopic (exact) mass is 354 g/mol. The molecule has 5 nitrogen and oxygen atoms in total. The second-order valence-corrected chi connectivity index (χ2v) is 8.28. The number of aryl methyl sites for hydroxylation is 2. The van der Waals surface area contributed by atoms with Gasteiger partial charge in [0.2, 0.25) is 0 Å². The van der Waals surface area contributed by atoms with Crippen LogP contribution in [0, 0.1) is 0 Å². The Hall–Kier alpha value is -2.05. The summed E-state index contributed by atoms with van der Waals surface area (Å²) in [6.07, 6.45) is 6.93. The van der Waals surface area contributed by atoms with Crippen LogP contribution >= 0.6 is 11.3 Å². The fourth-order valence-electron chi connectivity index (χ4n) is 3.11. The van der Waals surface area contributed by atoms with Gasteiger partial charge in [-0.3, -0.25) is 4.98 Å². The third-order valence-corrected chi connectivity index (χ3v) is 6.08. The number of nitrogens with zero attached hydrogens (tertiary/aromatic N) is 3. The van der Waals surface area contributed by atoms with E-state index in [0.717, 1.165) is 34.4 Å². The van der Waals surface area contributed by atoms with Crippen LogP contribution in [0.15, 0.2) is 24.5 Å². The zero-order valence-corrected chi connectivity index (χ0v) is 15.5. The van der Waals surface area contributed by atoms with Crippen molar-refractivity contribution in [3.8, 4) is 11.4 Å². The van der Waals surface area contributed by atoms with Gasteiger partial charge in [-0.1, -0.05) is 0 Å². The lowest BCUT2D eigenvalue weighted by atomic mass is 10.0. The van der Waals surface area contributed by atoms with Crippen LogP contribution in [0.4, 0.5) is 5.82 Å². The number of rotatable bonds is 4. The molecule has 1 aliphatic carbocycles. The first-order valence-corrected chi connectivity index (χ1v) is 9.47. The van der Waals surface area contributed by atoms with E-state index in [-0.39, 0.29) is 6.04 Å². The Bertz CT molecular complexity index is 915. The maximum Gasteiger partial charge on any atom is 0.164 e. The molecule has 0 aromatic carbocycles. The van der Waals surface area contributed by atoms with E-state index in [1.807, 2.05) is 32.9 Å². The van der Waals surface area contributed by atoms with Gasteiger partial charge in [-0.2, -0.15) is 0 Å². The van der Waals surface area contributed by atoms with Crippen molar-refractivity contribution in [2.45, 2.75) is 51.7 Å². The Morgan fingerprint density at radius 1 is 1.28 bits per heavy atom. The lowest BCUT2D eigenvalue weighted by Gasteiger charge is -2.27. The van der Waals surface area contributed by atoms with Gasteiger partial charge in [-0.25, -0.2) is 9.97 Å². The van der Waals surface area contributed by atoms with Crippen LogP contribution in [0.3, 0.4) is 0 Å². The van der Waals surface area contributed by atoms with Crippen LogP contribution in [-0.4, -0.2) is 31.7 Å². The summed E-state index contributed by atoms with van der Waals surface area (Å²) in [6, 6.07) is 3.73. The highest BCUT2D eigenvalue weighted by molar-refractivity contribution is 7.19. The van der Waals surface area contributed by atoms with Crippen molar-refractivity contribution in [1.29, 1.82) is 0 Å². The first kappa shape index (κ1) is 16.4. The number of hydrogen-bond acceptors (Lipinski definition) is 6. The molecule has 0 spiro atoms. The molecule has 130 valence electrons. The molecule has 3 heterocycles. The van der Waals surface area contributed by atoms with E-state index in [4.69, 9.17) is 9.97 Å². The van der Waals surface area contributed by atoms with E-state index < -0.39 is 5.60 Å². The van der Waals surface area contributed by atoms with E-state index in [9.17, 15) is 5.11 Å². The van der Waals surface area contributed by atoms with Gasteiger partial charge < -0.3 is 10.4 Å². The Morgan fingerprint density at radius 3 is 2.84 bits per heavy atom. The van der Waals surface area contributed by atoms with Crippen molar-refractivity contribution in [2.75, 3.05) is 5.32 Å². The highest BCUT2D eigenvalue weighted by Gasteiger charge is 2.27. The molecule has 0 saturated heterocycles. The number of aromatic nitrogens is 3. The third kappa shape index (κ3) is 3.00. The fourth-order valence-corrected chi connectivity index (χ4v) is 4.37. The van der Waals surface area contributed by atoms with Gasteiger partial charge in [0.15, 0.2) is 5.82 Å². The molecule has 3 aromatic rings. The summed E-state index contributed by atoms with van der Waals surface area (Å²) < 4.78 is 0. The maximum atomic E-state index is 10.3. The average Bonchev–Trinajstić information content (AvgIpc) is 3.15. The lowest BCUT2D eigenvalue weighted by Crippen LogP contribution is -2.39. The average molecular weight is 354 g/mol. The molecule has 0 amide bonds. The van der Waals surface area contributed by atoms with Crippen LogP contribution in [-0.2, 0) is 12.8 Å². The van der Waals surface area contributed by atoms with E-state index in [2.05, 4.69) is 10.3 Å². The van der Waals surface area contributed by atoms with Crippen LogP contribution < -0.4 is 5.32 Å². The van der Waals surface area contributed by atoms with Crippen molar-refractivity contribution < 1.29 is 5.11 Å². The Balaban J connectivity index is 1.88. The fraction of sp³-hybridized carbons (Fsp3) is 0.421. The Kier molecular flexibility index (Phi) is 3.96. The summed E-state index contributed by atoms with van der Waals surface area (Å²) in [4.78, 5) is 16.2. The molecular formula is C19H22N4OS. The molecule has 1 aliphatic rings. The summed E-state index contributed by atoms with van der Waals surface area (Å²) in [7, 11) is 0. The number of aliphatic hydroxyl groups is 1. The minimum atomic E-state index is -0.842. The minimum Gasteiger partial charge on any atom is -0.388 e. The quantitative estimate of drug-likeness (QED) is 0.745. The number of fused-ring (bicyclic) bond motifs is 3. The third-order valence-electron chi connectivity index (χ3n) is 4.90. The topological polar surface area (TPSA) is 70.9 Å². The standard InChI is InChI=1S/C19H22N4OS/c1-11(19(2,3)24)21-17-15-13-7-4-8-14(13)25-18(15)23-16(22-17)12-6-5-9-20-10-12/h5-6,9-11,24H,4,7-8H2,1-3H3,(H,21,22,23)/t11-/m1/s1. The van der Waals surface area contributed by atoms with Crippen molar-refractivity contribution in [1.82, 2.24) is 15.0 Å².